The SMILES string of the molecule is COc1cc2c(cc1Nc1ncc(Cl)c(Nc3ccccc3NS(C)(=O)=O)n1)OC[C@H]1CN(C3CC3)CCN21. The first-order valence-electron chi connectivity index (χ1n) is 12.8. The van der Waals surface area contributed by atoms with E-state index in [0.29, 0.717) is 41.3 Å². The molecule has 2 aliphatic heterocycles. The van der Waals surface area contributed by atoms with E-state index in [2.05, 4.69) is 35.1 Å². The average molecular weight is 572 g/mol. The third-order valence-electron chi connectivity index (χ3n) is 7.07. The van der Waals surface area contributed by atoms with E-state index in [1.54, 1.807) is 31.4 Å². The quantitative estimate of drug-likeness (QED) is 0.365. The van der Waals surface area contributed by atoms with E-state index in [0.717, 1.165) is 43.4 Å². The molecule has 2 fully saturated rings. The Labute approximate surface area is 232 Å². The van der Waals surface area contributed by atoms with Crippen molar-refractivity contribution in [1.29, 1.82) is 0 Å². The van der Waals surface area contributed by atoms with Crippen LogP contribution in [0.1, 0.15) is 12.8 Å². The van der Waals surface area contributed by atoms with Gasteiger partial charge >= 0.3 is 0 Å². The Morgan fingerprint density at radius 2 is 1.87 bits per heavy atom. The molecule has 3 N–H and O–H groups in total. The lowest BCUT2D eigenvalue weighted by atomic mass is 10.1. The van der Waals surface area contributed by atoms with Crippen LogP contribution in [0.4, 0.5) is 34.5 Å². The molecule has 2 aromatic carbocycles. The number of sulfonamides is 1. The van der Waals surface area contributed by atoms with Gasteiger partial charge in [-0.25, -0.2) is 13.4 Å². The third kappa shape index (κ3) is 5.63. The van der Waals surface area contributed by atoms with Gasteiger partial charge in [0.05, 0.1) is 48.4 Å². The predicted molar refractivity (Wildman–Crippen MR) is 153 cm³/mol. The number of nitrogens with one attached hydrogen (secondary N) is 3. The van der Waals surface area contributed by atoms with Gasteiger partial charge in [0.25, 0.3) is 0 Å². The molecule has 39 heavy (non-hydrogen) atoms. The van der Waals surface area contributed by atoms with Gasteiger partial charge in [-0.3, -0.25) is 9.62 Å². The molecule has 6 rings (SSSR count). The van der Waals surface area contributed by atoms with Crippen LogP contribution < -0.4 is 29.7 Å². The second kappa shape index (κ2) is 10.2. The number of methoxy groups -OCH3 is 1. The standard InChI is InChI=1S/C26H30ClN7O4S/c1-37-23-12-22-24(38-15-17-14-33(16-7-8-16)9-10-34(17)22)11-21(23)30-26-28-13-18(27)25(31-26)29-19-5-3-4-6-20(19)32-39(2,35)36/h3-6,11-13,16-17,32H,7-10,14-15H2,1-2H3,(H2,28,29,30,31)/t17-/m1/s1. The van der Waals surface area contributed by atoms with E-state index in [4.69, 9.17) is 21.1 Å². The van der Waals surface area contributed by atoms with E-state index in [1.165, 1.54) is 19.0 Å². The maximum atomic E-state index is 11.8. The summed E-state index contributed by atoms with van der Waals surface area (Å²) in [5.41, 5.74) is 2.54. The molecule has 1 aromatic heterocycles. The smallest absolute Gasteiger partial charge is 0.229 e. The molecular weight excluding hydrogens is 542 g/mol. The number of fused-ring (bicyclic) bond motifs is 3. The van der Waals surface area contributed by atoms with Gasteiger partial charge in [-0.05, 0) is 25.0 Å². The number of aromatic nitrogens is 2. The Morgan fingerprint density at radius 1 is 1.08 bits per heavy atom. The van der Waals surface area contributed by atoms with Gasteiger partial charge in [-0.1, -0.05) is 23.7 Å². The summed E-state index contributed by atoms with van der Waals surface area (Å²) in [5.74, 6) is 2.00. The van der Waals surface area contributed by atoms with Gasteiger partial charge in [-0.2, -0.15) is 4.98 Å². The summed E-state index contributed by atoms with van der Waals surface area (Å²) in [6.45, 7) is 3.66. The molecule has 0 spiro atoms. The van der Waals surface area contributed by atoms with Crippen molar-refractivity contribution in [1.82, 2.24) is 14.9 Å². The van der Waals surface area contributed by atoms with E-state index in [9.17, 15) is 8.42 Å². The highest BCUT2D eigenvalue weighted by Crippen LogP contribution is 2.44. The zero-order valence-electron chi connectivity index (χ0n) is 21.6. The van der Waals surface area contributed by atoms with Gasteiger partial charge in [0.2, 0.25) is 16.0 Å². The molecule has 1 saturated carbocycles. The fourth-order valence-electron chi connectivity index (χ4n) is 5.10. The molecule has 0 radical (unpaired) electrons. The van der Waals surface area contributed by atoms with Crippen molar-refractivity contribution in [2.24, 2.45) is 0 Å². The lowest BCUT2D eigenvalue weighted by Crippen LogP contribution is -2.57. The number of halogens is 1. The number of ether oxygens (including phenoxy) is 2. The first-order chi connectivity index (χ1) is 18.8. The highest BCUT2D eigenvalue weighted by molar-refractivity contribution is 7.92. The number of anilines is 6. The summed E-state index contributed by atoms with van der Waals surface area (Å²) in [4.78, 5) is 13.9. The van der Waals surface area contributed by atoms with Crippen LogP contribution in [0.2, 0.25) is 5.02 Å². The maximum absolute atomic E-state index is 11.8. The molecule has 3 aromatic rings. The molecule has 1 aliphatic carbocycles. The Balaban J connectivity index is 1.24. The Hall–Kier alpha value is -3.48. The Bertz CT molecular complexity index is 1500. The van der Waals surface area contributed by atoms with Gasteiger partial charge in [0.15, 0.2) is 5.82 Å². The summed E-state index contributed by atoms with van der Waals surface area (Å²) in [5, 5.41) is 6.59. The lowest BCUT2D eigenvalue weighted by molar-refractivity contribution is 0.161. The summed E-state index contributed by atoms with van der Waals surface area (Å²) in [6.07, 6.45) is 5.17. The molecule has 3 heterocycles. The fourth-order valence-corrected chi connectivity index (χ4v) is 5.81. The number of hydrogen-bond acceptors (Lipinski definition) is 10. The number of hydrogen-bond donors (Lipinski definition) is 3. The molecule has 1 saturated heterocycles. The van der Waals surface area contributed by atoms with E-state index >= 15 is 0 Å². The monoisotopic (exact) mass is 571 g/mol. The van der Waals surface area contributed by atoms with Crippen LogP contribution in [0.25, 0.3) is 0 Å². The van der Waals surface area contributed by atoms with E-state index in [-0.39, 0.29) is 11.0 Å². The minimum atomic E-state index is -3.48. The van der Waals surface area contributed by atoms with Crippen LogP contribution in [0.3, 0.4) is 0 Å². The largest absolute Gasteiger partial charge is 0.494 e. The third-order valence-corrected chi connectivity index (χ3v) is 7.93. The van der Waals surface area contributed by atoms with Crippen molar-refractivity contribution in [3.8, 4) is 11.5 Å². The van der Waals surface area contributed by atoms with E-state index in [1.807, 2.05) is 12.1 Å². The van der Waals surface area contributed by atoms with Crippen LogP contribution in [-0.4, -0.2) is 75.0 Å². The second-order valence-electron chi connectivity index (χ2n) is 9.96. The van der Waals surface area contributed by atoms with Gasteiger partial charge in [0, 0.05) is 37.8 Å². The number of benzene rings is 2. The molecule has 1 atom stereocenters. The van der Waals surface area contributed by atoms with Crippen molar-refractivity contribution in [3.63, 3.8) is 0 Å². The van der Waals surface area contributed by atoms with Gasteiger partial charge < -0.3 is 25.0 Å². The topological polar surface area (TPSA) is 121 Å². The van der Waals surface area contributed by atoms with Crippen LogP contribution in [0.15, 0.2) is 42.6 Å². The number of piperazine rings is 1. The van der Waals surface area contributed by atoms with Crippen molar-refractivity contribution >= 4 is 56.1 Å². The number of nitrogens with zero attached hydrogens (tertiary/aromatic N) is 4. The average Bonchev–Trinajstić information content (AvgIpc) is 3.76. The molecule has 0 amide bonds. The highest BCUT2D eigenvalue weighted by Gasteiger charge is 2.38. The molecule has 13 heteroatoms. The second-order valence-corrected chi connectivity index (χ2v) is 12.1. The fraction of sp³-hybridized carbons (Fsp3) is 0.385. The molecule has 206 valence electrons. The van der Waals surface area contributed by atoms with E-state index < -0.39 is 10.0 Å². The van der Waals surface area contributed by atoms with Crippen LogP contribution in [0.5, 0.6) is 11.5 Å². The van der Waals surface area contributed by atoms with Crippen molar-refractivity contribution in [3.05, 3.63) is 47.6 Å². The summed E-state index contributed by atoms with van der Waals surface area (Å²) < 4.78 is 38.0. The lowest BCUT2D eigenvalue weighted by Gasteiger charge is -2.46. The molecule has 3 aliphatic rings. The summed E-state index contributed by atoms with van der Waals surface area (Å²) in [7, 11) is -1.85. The summed E-state index contributed by atoms with van der Waals surface area (Å²) >= 11 is 6.38. The molecule has 11 nitrogen and oxygen atoms in total. The first kappa shape index (κ1) is 25.8. The zero-order chi connectivity index (χ0) is 27.1. The molecule has 0 bridgehead atoms. The normalized spacial score (nSPS) is 18.9. The van der Waals surface area contributed by atoms with Crippen molar-refractivity contribution in [2.75, 3.05) is 59.9 Å². The van der Waals surface area contributed by atoms with Crippen LogP contribution in [0, 0.1) is 0 Å². The van der Waals surface area contributed by atoms with Crippen LogP contribution in [-0.2, 0) is 10.0 Å². The van der Waals surface area contributed by atoms with Gasteiger partial charge in [-0.15, -0.1) is 0 Å². The Kier molecular flexibility index (Phi) is 6.77. The number of para-hydroxylation sites is 2. The summed E-state index contributed by atoms with van der Waals surface area (Å²) in [6, 6.07) is 11.9. The van der Waals surface area contributed by atoms with Crippen molar-refractivity contribution < 1.29 is 17.9 Å². The predicted octanol–water partition coefficient (Wildman–Crippen LogP) is 4.04. The molecule has 0 unspecified atom stereocenters. The van der Waals surface area contributed by atoms with Crippen molar-refractivity contribution in [2.45, 2.75) is 24.9 Å². The maximum Gasteiger partial charge on any atom is 0.229 e. The minimum absolute atomic E-state index is 0.270. The first-order valence-corrected chi connectivity index (χ1v) is 15.0. The minimum Gasteiger partial charge on any atom is -0.494 e. The molecular formula is C26H30ClN7O4S. The van der Waals surface area contributed by atoms with Gasteiger partial charge in [0.1, 0.15) is 23.1 Å². The highest BCUT2D eigenvalue weighted by atomic mass is 35.5. The Morgan fingerprint density at radius 3 is 2.62 bits per heavy atom. The number of rotatable bonds is 8. The van der Waals surface area contributed by atoms with Crippen LogP contribution >= 0.6 is 11.6 Å². The zero-order valence-corrected chi connectivity index (χ0v) is 23.2.